The topological polar surface area (TPSA) is 90.8 Å². The normalized spacial score (nSPS) is 16.4. The van der Waals surface area contributed by atoms with E-state index in [-0.39, 0.29) is 24.0 Å². The second kappa shape index (κ2) is 9.49. The molecule has 26 heavy (non-hydrogen) atoms. The SMILES string of the molecule is CCc1nsc(N2CCN(C(=NC)NCC(C)(C)S(C)(=O)=O)CC2)n1.I. The summed E-state index contributed by atoms with van der Waals surface area (Å²) in [6.45, 7) is 9.12. The van der Waals surface area contributed by atoms with Crippen LogP contribution < -0.4 is 10.2 Å². The van der Waals surface area contributed by atoms with Crippen molar-refractivity contribution in [2.75, 3.05) is 50.9 Å². The number of halogens is 1. The highest BCUT2D eigenvalue weighted by atomic mass is 127. The maximum atomic E-state index is 11.8. The fourth-order valence-electron chi connectivity index (χ4n) is 2.38. The first kappa shape index (κ1) is 23.3. The summed E-state index contributed by atoms with van der Waals surface area (Å²) in [5.41, 5.74) is 0. The Morgan fingerprint density at radius 2 is 1.92 bits per heavy atom. The number of hydrogen-bond donors (Lipinski definition) is 1. The average Bonchev–Trinajstić information content (AvgIpc) is 3.04. The number of nitrogens with zero attached hydrogens (tertiary/aromatic N) is 5. The summed E-state index contributed by atoms with van der Waals surface area (Å²) in [5, 5.41) is 4.18. The predicted molar refractivity (Wildman–Crippen MR) is 119 cm³/mol. The van der Waals surface area contributed by atoms with Crippen molar-refractivity contribution < 1.29 is 8.42 Å². The van der Waals surface area contributed by atoms with Gasteiger partial charge in [0.05, 0.1) is 4.75 Å². The lowest BCUT2D eigenvalue weighted by Crippen LogP contribution is -2.55. The number of piperazine rings is 1. The van der Waals surface area contributed by atoms with Crippen LogP contribution in [0.25, 0.3) is 0 Å². The Bertz CT molecular complexity index is 711. The number of aryl methyl sites for hydroxylation is 1. The molecule has 8 nitrogen and oxygen atoms in total. The summed E-state index contributed by atoms with van der Waals surface area (Å²) in [5.74, 6) is 1.63. The molecule has 1 aliphatic heterocycles. The molecule has 0 unspecified atom stereocenters. The molecule has 150 valence electrons. The summed E-state index contributed by atoms with van der Waals surface area (Å²) in [4.78, 5) is 13.2. The standard InChI is InChI=1S/C15H28N6O2S2.HI/c1-6-12-18-14(24-19-12)21-9-7-20(8-10-21)13(16-4)17-11-15(2,3)25(5,22)23;/h6-11H2,1-5H3,(H,16,17);1H. The highest BCUT2D eigenvalue weighted by molar-refractivity contribution is 14.0. The molecule has 1 aliphatic rings. The fourth-order valence-corrected chi connectivity index (χ4v) is 3.52. The molecule has 1 N–H and O–H groups in total. The Hall–Kier alpha value is -0.690. The second-order valence-electron chi connectivity index (χ2n) is 6.75. The molecule has 1 aromatic rings. The van der Waals surface area contributed by atoms with Crippen molar-refractivity contribution in [2.45, 2.75) is 31.9 Å². The van der Waals surface area contributed by atoms with E-state index in [9.17, 15) is 8.42 Å². The van der Waals surface area contributed by atoms with Gasteiger partial charge in [0.1, 0.15) is 5.82 Å². The summed E-state index contributed by atoms with van der Waals surface area (Å²) in [6, 6.07) is 0. The van der Waals surface area contributed by atoms with Crippen molar-refractivity contribution in [1.29, 1.82) is 0 Å². The van der Waals surface area contributed by atoms with Crippen LogP contribution in [0.2, 0.25) is 0 Å². The van der Waals surface area contributed by atoms with Crippen molar-refractivity contribution in [3.8, 4) is 0 Å². The first-order chi connectivity index (χ1) is 11.7. The van der Waals surface area contributed by atoms with Crippen LogP contribution in [-0.4, -0.2) is 79.4 Å². The van der Waals surface area contributed by atoms with Gasteiger partial charge in [-0.15, -0.1) is 24.0 Å². The quantitative estimate of drug-likeness (QED) is 0.358. The van der Waals surface area contributed by atoms with E-state index in [0.29, 0.717) is 6.54 Å². The average molecular weight is 516 g/mol. The fraction of sp³-hybridized carbons (Fsp3) is 0.800. The van der Waals surface area contributed by atoms with E-state index in [2.05, 4.69) is 36.4 Å². The Balaban J connectivity index is 0.00000338. The molecule has 0 saturated carbocycles. The van der Waals surface area contributed by atoms with Gasteiger partial charge in [-0.3, -0.25) is 4.99 Å². The second-order valence-corrected chi connectivity index (χ2v) is 10.1. The van der Waals surface area contributed by atoms with Crippen LogP contribution >= 0.6 is 35.5 Å². The summed E-state index contributed by atoms with van der Waals surface area (Å²) < 4.78 is 27.2. The van der Waals surface area contributed by atoms with Gasteiger partial charge in [0.15, 0.2) is 15.8 Å². The molecule has 0 aromatic carbocycles. The van der Waals surface area contributed by atoms with Crippen molar-refractivity contribution in [1.82, 2.24) is 19.6 Å². The lowest BCUT2D eigenvalue weighted by molar-refractivity contribution is 0.370. The molecule has 0 amide bonds. The number of hydrogen-bond acceptors (Lipinski definition) is 7. The molecule has 0 spiro atoms. The number of guanidine groups is 1. The zero-order chi connectivity index (χ0) is 18.7. The van der Waals surface area contributed by atoms with Gasteiger partial charge >= 0.3 is 0 Å². The zero-order valence-electron chi connectivity index (χ0n) is 16.0. The van der Waals surface area contributed by atoms with Crippen molar-refractivity contribution in [2.24, 2.45) is 4.99 Å². The molecule has 2 heterocycles. The Morgan fingerprint density at radius 1 is 1.31 bits per heavy atom. The molecule has 1 fully saturated rings. The Kier molecular flexibility index (Phi) is 8.52. The first-order valence-electron chi connectivity index (χ1n) is 8.40. The van der Waals surface area contributed by atoms with E-state index < -0.39 is 14.6 Å². The number of nitrogens with one attached hydrogen (secondary N) is 1. The maximum absolute atomic E-state index is 11.8. The van der Waals surface area contributed by atoms with Gasteiger partial charge in [-0.25, -0.2) is 13.4 Å². The van der Waals surface area contributed by atoms with Crippen LogP contribution in [0.1, 0.15) is 26.6 Å². The van der Waals surface area contributed by atoms with E-state index in [1.165, 1.54) is 17.8 Å². The van der Waals surface area contributed by atoms with E-state index in [4.69, 9.17) is 0 Å². The van der Waals surface area contributed by atoms with Crippen molar-refractivity contribution in [3.05, 3.63) is 5.82 Å². The number of aliphatic imine (C=N–C) groups is 1. The molecule has 0 aliphatic carbocycles. The van der Waals surface area contributed by atoms with Gasteiger partial charge < -0.3 is 15.1 Å². The van der Waals surface area contributed by atoms with Crippen LogP contribution in [0.4, 0.5) is 5.13 Å². The molecule has 11 heteroatoms. The van der Waals surface area contributed by atoms with Gasteiger partial charge in [0, 0.05) is 64.0 Å². The smallest absolute Gasteiger partial charge is 0.205 e. The third-order valence-corrected chi connectivity index (χ3v) is 7.48. The Labute approximate surface area is 177 Å². The summed E-state index contributed by atoms with van der Waals surface area (Å²) in [7, 11) is -1.42. The van der Waals surface area contributed by atoms with Crippen LogP contribution in [-0.2, 0) is 16.3 Å². The van der Waals surface area contributed by atoms with E-state index in [1.807, 2.05) is 0 Å². The molecular formula is C15H29IN6O2S2. The molecule has 0 radical (unpaired) electrons. The lowest BCUT2D eigenvalue weighted by atomic mass is 10.2. The number of anilines is 1. The van der Waals surface area contributed by atoms with Gasteiger partial charge in [-0.2, -0.15) is 4.37 Å². The van der Waals surface area contributed by atoms with E-state index in [0.717, 1.165) is 49.5 Å². The zero-order valence-corrected chi connectivity index (χ0v) is 20.0. The highest BCUT2D eigenvalue weighted by Crippen LogP contribution is 2.19. The molecule has 1 aromatic heterocycles. The monoisotopic (exact) mass is 516 g/mol. The van der Waals surface area contributed by atoms with Crippen LogP contribution in [0.3, 0.4) is 0 Å². The maximum Gasteiger partial charge on any atom is 0.205 e. The van der Waals surface area contributed by atoms with Gasteiger partial charge in [0.25, 0.3) is 0 Å². The van der Waals surface area contributed by atoms with Crippen LogP contribution in [0.5, 0.6) is 0 Å². The van der Waals surface area contributed by atoms with Gasteiger partial charge in [-0.05, 0) is 13.8 Å². The lowest BCUT2D eigenvalue weighted by Gasteiger charge is -2.37. The molecule has 1 saturated heterocycles. The molecule has 0 atom stereocenters. The largest absolute Gasteiger partial charge is 0.355 e. The van der Waals surface area contributed by atoms with Crippen molar-refractivity contribution in [3.63, 3.8) is 0 Å². The third kappa shape index (κ3) is 5.65. The summed E-state index contributed by atoms with van der Waals surface area (Å²) >= 11 is 1.45. The highest BCUT2D eigenvalue weighted by Gasteiger charge is 2.31. The number of aromatic nitrogens is 2. The minimum absolute atomic E-state index is 0. The molecular weight excluding hydrogens is 487 g/mol. The first-order valence-corrected chi connectivity index (χ1v) is 11.1. The predicted octanol–water partition coefficient (Wildman–Crippen LogP) is 1.24. The molecule has 2 rings (SSSR count). The number of sulfone groups is 1. The van der Waals surface area contributed by atoms with E-state index >= 15 is 0 Å². The Morgan fingerprint density at radius 3 is 2.38 bits per heavy atom. The molecule has 0 bridgehead atoms. The van der Waals surface area contributed by atoms with Crippen LogP contribution in [0.15, 0.2) is 4.99 Å². The van der Waals surface area contributed by atoms with Crippen LogP contribution in [0, 0.1) is 0 Å². The van der Waals surface area contributed by atoms with Gasteiger partial charge in [-0.1, -0.05) is 6.92 Å². The minimum Gasteiger partial charge on any atom is -0.355 e. The van der Waals surface area contributed by atoms with Gasteiger partial charge in [0.2, 0.25) is 5.13 Å². The van der Waals surface area contributed by atoms with Crippen molar-refractivity contribution >= 4 is 56.4 Å². The number of rotatable bonds is 5. The summed E-state index contributed by atoms with van der Waals surface area (Å²) in [6.07, 6.45) is 2.12. The third-order valence-electron chi connectivity index (χ3n) is 4.51. The minimum atomic E-state index is -3.14. The van der Waals surface area contributed by atoms with E-state index in [1.54, 1.807) is 20.9 Å².